The van der Waals surface area contributed by atoms with E-state index in [1.165, 1.54) is 44.8 Å². The van der Waals surface area contributed by atoms with Crippen LogP contribution >= 0.6 is 0 Å². The van der Waals surface area contributed by atoms with Crippen molar-refractivity contribution in [2.24, 2.45) is 0 Å². The summed E-state index contributed by atoms with van der Waals surface area (Å²) in [5.41, 5.74) is 1.17. The molecule has 0 saturated heterocycles. The molecule has 0 bridgehead atoms. The van der Waals surface area contributed by atoms with E-state index in [4.69, 9.17) is 9.15 Å². The van der Waals surface area contributed by atoms with Gasteiger partial charge in [-0.2, -0.15) is 0 Å². The lowest BCUT2D eigenvalue weighted by atomic mass is 10.2. The number of hydrogen-bond donors (Lipinski definition) is 2. The molecule has 0 aliphatic carbocycles. The molecule has 1 heterocycles. The highest BCUT2D eigenvalue weighted by molar-refractivity contribution is 7.92. The van der Waals surface area contributed by atoms with E-state index in [2.05, 4.69) is 10.0 Å². The third-order valence-electron chi connectivity index (χ3n) is 2.89. The number of furan rings is 1. The zero-order valence-corrected chi connectivity index (χ0v) is 12.9. The van der Waals surface area contributed by atoms with Crippen molar-refractivity contribution in [1.29, 1.82) is 0 Å². The van der Waals surface area contributed by atoms with Crippen LogP contribution in [0.15, 0.2) is 41.2 Å². The Morgan fingerprint density at radius 3 is 2.68 bits per heavy atom. The van der Waals surface area contributed by atoms with Crippen LogP contribution in [0.4, 0.5) is 11.4 Å². The molecule has 0 aliphatic heterocycles. The average Bonchev–Trinajstić information content (AvgIpc) is 3.03. The molecular weight excluding hydrogens is 308 g/mol. The second-order valence-electron chi connectivity index (χ2n) is 4.39. The van der Waals surface area contributed by atoms with Crippen LogP contribution in [0.3, 0.4) is 0 Å². The first-order chi connectivity index (χ1) is 10.4. The normalized spacial score (nSPS) is 11.0. The van der Waals surface area contributed by atoms with Crippen LogP contribution in [-0.2, 0) is 10.0 Å². The molecule has 8 heteroatoms. The van der Waals surface area contributed by atoms with E-state index in [1.54, 1.807) is 6.07 Å². The summed E-state index contributed by atoms with van der Waals surface area (Å²) in [5, 5.41) is 2.67. The van der Waals surface area contributed by atoms with Gasteiger partial charge in [-0.15, -0.1) is 0 Å². The quantitative estimate of drug-likeness (QED) is 0.849. The smallest absolute Gasteiger partial charge is 0.258 e. The minimum atomic E-state index is -3.41. The molecule has 1 amide bonds. The Bertz CT molecular complexity index is 754. The third kappa shape index (κ3) is 3.79. The van der Waals surface area contributed by atoms with Gasteiger partial charge in [-0.1, -0.05) is 0 Å². The summed E-state index contributed by atoms with van der Waals surface area (Å²) in [6.07, 6.45) is 2.73. The number of hydrogen-bond acceptors (Lipinski definition) is 5. The first kappa shape index (κ1) is 15.9. The second-order valence-corrected chi connectivity index (χ2v) is 6.40. The summed E-state index contributed by atoms with van der Waals surface area (Å²) in [5.74, 6) is -0.0745. The molecule has 0 radical (unpaired) electrons. The number of carbonyl (C=O) groups excluding carboxylic acids is 1. The molecule has 0 atom stereocenters. The van der Waals surface area contributed by atoms with Gasteiger partial charge < -0.3 is 14.5 Å². The van der Waals surface area contributed by atoms with Crippen LogP contribution in [0.5, 0.6) is 5.75 Å². The van der Waals surface area contributed by atoms with Gasteiger partial charge in [0.2, 0.25) is 10.0 Å². The zero-order chi connectivity index (χ0) is 16.2. The fourth-order valence-corrected chi connectivity index (χ4v) is 2.34. The maximum atomic E-state index is 11.9. The minimum absolute atomic E-state index is 0.0465. The first-order valence-corrected chi connectivity index (χ1v) is 8.12. The second kappa shape index (κ2) is 6.52. The van der Waals surface area contributed by atoms with Crippen LogP contribution in [0.1, 0.15) is 17.3 Å². The van der Waals surface area contributed by atoms with Crippen LogP contribution < -0.4 is 14.8 Å². The number of methoxy groups -OCH3 is 1. The summed E-state index contributed by atoms with van der Waals surface area (Å²) < 4.78 is 35.6. The van der Waals surface area contributed by atoms with Crippen molar-refractivity contribution >= 4 is 27.3 Å². The Kier molecular flexibility index (Phi) is 4.71. The Hall–Kier alpha value is -2.48. The van der Waals surface area contributed by atoms with Crippen LogP contribution in [0.25, 0.3) is 0 Å². The first-order valence-electron chi connectivity index (χ1n) is 6.47. The number of anilines is 2. The van der Waals surface area contributed by atoms with Crippen molar-refractivity contribution in [3.05, 3.63) is 42.4 Å². The van der Waals surface area contributed by atoms with Crippen molar-refractivity contribution in [1.82, 2.24) is 0 Å². The molecule has 0 saturated carbocycles. The number of nitrogens with one attached hydrogen (secondary N) is 2. The number of rotatable bonds is 6. The molecule has 2 aromatic rings. The lowest BCUT2D eigenvalue weighted by Crippen LogP contribution is -2.15. The van der Waals surface area contributed by atoms with Crippen molar-refractivity contribution in [2.45, 2.75) is 6.92 Å². The van der Waals surface area contributed by atoms with Crippen molar-refractivity contribution in [3.8, 4) is 5.75 Å². The van der Waals surface area contributed by atoms with Gasteiger partial charge in [0, 0.05) is 11.8 Å². The van der Waals surface area contributed by atoms with E-state index in [9.17, 15) is 13.2 Å². The van der Waals surface area contributed by atoms with Gasteiger partial charge in [0.25, 0.3) is 5.91 Å². The number of benzene rings is 1. The van der Waals surface area contributed by atoms with E-state index in [1.807, 2.05) is 0 Å². The third-order valence-corrected chi connectivity index (χ3v) is 4.18. The summed E-state index contributed by atoms with van der Waals surface area (Å²) in [7, 11) is -1.99. The Morgan fingerprint density at radius 2 is 2.09 bits per heavy atom. The standard InChI is InChI=1S/C14H16N2O5S/c1-3-22(18,19)16-12-5-4-11(8-13(12)20-2)15-14(17)10-6-7-21-9-10/h4-9,16H,3H2,1-2H3,(H,15,17). The summed E-state index contributed by atoms with van der Waals surface area (Å²) in [6, 6.07) is 6.17. The van der Waals surface area contributed by atoms with E-state index in [0.717, 1.165) is 0 Å². The summed E-state index contributed by atoms with van der Waals surface area (Å²) in [6.45, 7) is 1.54. The van der Waals surface area contributed by atoms with Gasteiger partial charge >= 0.3 is 0 Å². The van der Waals surface area contributed by atoms with Gasteiger partial charge in [-0.25, -0.2) is 8.42 Å². The Labute approximate surface area is 128 Å². The van der Waals surface area contributed by atoms with Crippen LogP contribution in [-0.4, -0.2) is 27.2 Å². The highest BCUT2D eigenvalue weighted by Gasteiger charge is 2.13. The van der Waals surface area contributed by atoms with Gasteiger partial charge in [0.15, 0.2) is 0 Å². The molecule has 118 valence electrons. The lowest BCUT2D eigenvalue weighted by Gasteiger charge is -2.12. The Balaban J connectivity index is 2.20. The molecule has 1 aromatic carbocycles. The predicted octanol–water partition coefficient (Wildman–Crippen LogP) is 2.30. The van der Waals surface area contributed by atoms with Crippen LogP contribution in [0, 0.1) is 0 Å². The minimum Gasteiger partial charge on any atom is -0.494 e. The van der Waals surface area contributed by atoms with Crippen LogP contribution in [0.2, 0.25) is 0 Å². The molecule has 0 fully saturated rings. The van der Waals surface area contributed by atoms with E-state index >= 15 is 0 Å². The summed E-state index contributed by atoms with van der Waals surface area (Å²) >= 11 is 0. The molecule has 7 nitrogen and oxygen atoms in total. The van der Waals surface area contributed by atoms with Crippen molar-refractivity contribution in [2.75, 3.05) is 22.9 Å². The van der Waals surface area contributed by atoms with E-state index in [-0.39, 0.29) is 11.7 Å². The molecule has 2 rings (SSSR count). The predicted molar refractivity (Wildman–Crippen MR) is 82.7 cm³/mol. The maximum absolute atomic E-state index is 11.9. The highest BCUT2D eigenvalue weighted by Crippen LogP contribution is 2.29. The average molecular weight is 324 g/mol. The maximum Gasteiger partial charge on any atom is 0.258 e. The summed E-state index contributed by atoms with van der Waals surface area (Å²) in [4.78, 5) is 11.9. The fraction of sp³-hybridized carbons (Fsp3) is 0.214. The monoisotopic (exact) mass is 324 g/mol. The highest BCUT2D eigenvalue weighted by atomic mass is 32.2. The molecule has 2 N–H and O–H groups in total. The number of sulfonamides is 1. The zero-order valence-electron chi connectivity index (χ0n) is 12.1. The largest absolute Gasteiger partial charge is 0.494 e. The molecule has 0 aliphatic rings. The van der Waals surface area contributed by atoms with E-state index in [0.29, 0.717) is 22.7 Å². The number of amides is 1. The molecular formula is C14H16N2O5S. The lowest BCUT2D eigenvalue weighted by molar-refractivity contribution is 0.102. The fourth-order valence-electron chi connectivity index (χ4n) is 1.69. The molecule has 0 unspecified atom stereocenters. The van der Waals surface area contributed by atoms with Gasteiger partial charge in [0.05, 0.1) is 30.4 Å². The Morgan fingerprint density at radius 1 is 1.32 bits per heavy atom. The van der Waals surface area contributed by atoms with Crippen molar-refractivity contribution in [3.63, 3.8) is 0 Å². The molecule has 0 spiro atoms. The van der Waals surface area contributed by atoms with Gasteiger partial charge in [0.1, 0.15) is 12.0 Å². The molecule has 1 aromatic heterocycles. The number of ether oxygens (including phenoxy) is 1. The van der Waals surface area contributed by atoms with Gasteiger partial charge in [-0.05, 0) is 25.1 Å². The van der Waals surface area contributed by atoms with Crippen molar-refractivity contribution < 1.29 is 22.4 Å². The molecule has 22 heavy (non-hydrogen) atoms. The topological polar surface area (TPSA) is 97.6 Å². The van der Waals surface area contributed by atoms with E-state index < -0.39 is 10.0 Å². The van der Waals surface area contributed by atoms with Gasteiger partial charge in [-0.3, -0.25) is 9.52 Å². The number of carbonyl (C=O) groups is 1. The SMILES string of the molecule is CCS(=O)(=O)Nc1ccc(NC(=O)c2ccoc2)cc1OC.